The van der Waals surface area contributed by atoms with Crippen LogP contribution in [0.2, 0.25) is 0 Å². The molecule has 1 aromatic rings. The maximum atomic E-state index is 9.87. The summed E-state index contributed by atoms with van der Waals surface area (Å²) in [6, 6.07) is 8.19. The summed E-state index contributed by atoms with van der Waals surface area (Å²) in [6.45, 7) is 0. The molecule has 2 aliphatic rings. The lowest BCUT2D eigenvalue weighted by Crippen LogP contribution is -2.24. The van der Waals surface area contributed by atoms with Crippen molar-refractivity contribution in [3.63, 3.8) is 0 Å². The molecule has 0 radical (unpaired) electrons. The summed E-state index contributed by atoms with van der Waals surface area (Å²) in [4.78, 5) is 0. The molecular formula is C14H18O2. The molecule has 2 saturated carbocycles. The zero-order valence-corrected chi connectivity index (χ0v) is 9.48. The average molecular weight is 218 g/mol. The third kappa shape index (κ3) is 2.22. The Kier molecular flexibility index (Phi) is 2.40. The number of hydrogen-bond acceptors (Lipinski definition) is 2. The first kappa shape index (κ1) is 10.2. The molecule has 0 saturated heterocycles. The van der Waals surface area contributed by atoms with E-state index in [0.29, 0.717) is 6.10 Å². The molecule has 2 nitrogen and oxygen atoms in total. The lowest BCUT2D eigenvalue weighted by Gasteiger charge is -2.26. The first-order chi connectivity index (χ1) is 7.73. The third-order valence-corrected chi connectivity index (χ3v) is 3.61. The standard InChI is InChI=1S/C14H18O2/c15-14(7-8-14)10-11-3-1-6-13(9-11)16-12-4-2-5-12/h1,3,6,9,12,15H,2,4-5,7-8,10H2. The van der Waals surface area contributed by atoms with Crippen molar-refractivity contribution in [1.29, 1.82) is 0 Å². The third-order valence-electron chi connectivity index (χ3n) is 3.61. The fourth-order valence-electron chi connectivity index (χ4n) is 2.11. The summed E-state index contributed by atoms with van der Waals surface area (Å²) in [5.41, 5.74) is 0.784. The van der Waals surface area contributed by atoms with Crippen LogP contribution in [-0.2, 0) is 6.42 Å². The van der Waals surface area contributed by atoms with Gasteiger partial charge in [0.1, 0.15) is 5.75 Å². The molecule has 3 rings (SSSR count). The van der Waals surface area contributed by atoms with Gasteiger partial charge in [0.05, 0.1) is 11.7 Å². The number of hydrogen-bond donors (Lipinski definition) is 1. The van der Waals surface area contributed by atoms with E-state index >= 15 is 0 Å². The lowest BCUT2D eigenvalue weighted by atomic mass is 9.96. The van der Waals surface area contributed by atoms with Crippen molar-refractivity contribution in [2.24, 2.45) is 0 Å². The Morgan fingerprint density at radius 2 is 2.12 bits per heavy atom. The Hall–Kier alpha value is -1.02. The fourth-order valence-corrected chi connectivity index (χ4v) is 2.11. The Labute approximate surface area is 96.2 Å². The van der Waals surface area contributed by atoms with Crippen molar-refractivity contribution in [3.05, 3.63) is 29.8 Å². The van der Waals surface area contributed by atoms with Gasteiger partial charge in [0.25, 0.3) is 0 Å². The number of ether oxygens (including phenoxy) is 1. The number of rotatable bonds is 4. The van der Waals surface area contributed by atoms with Crippen LogP contribution in [0.5, 0.6) is 5.75 Å². The van der Waals surface area contributed by atoms with Crippen LogP contribution in [0, 0.1) is 0 Å². The van der Waals surface area contributed by atoms with Crippen LogP contribution in [0.4, 0.5) is 0 Å². The van der Waals surface area contributed by atoms with Gasteiger partial charge >= 0.3 is 0 Å². The molecule has 1 aromatic carbocycles. The summed E-state index contributed by atoms with van der Waals surface area (Å²) in [6.07, 6.45) is 6.77. The van der Waals surface area contributed by atoms with E-state index in [0.717, 1.165) is 25.0 Å². The summed E-state index contributed by atoms with van der Waals surface area (Å²) >= 11 is 0. The van der Waals surface area contributed by atoms with Gasteiger partial charge in [0.2, 0.25) is 0 Å². The van der Waals surface area contributed by atoms with Crippen molar-refractivity contribution >= 4 is 0 Å². The molecule has 16 heavy (non-hydrogen) atoms. The Morgan fingerprint density at radius 1 is 1.31 bits per heavy atom. The van der Waals surface area contributed by atoms with Gasteiger partial charge in [-0.2, -0.15) is 0 Å². The summed E-state index contributed by atoms with van der Waals surface area (Å²) in [5.74, 6) is 0.964. The summed E-state index contributed by atoms with van der Waals surface area (Å²) in [7, 11) is 0. The van der Waals surface area contributed by atoms with E-state index in [1.807, 2.05) is 12.1 Å². The second-order valence-electron chi connectivity index (χ2n) is 5.22. The van der Waals surface area contributed by atoms with Gasteiger partial charge in [0.15, 0.2) is 0 Å². The molecule has 2 heteroatoms. The minimum Gasteiger partial charge on any atom is -0.490 e. The van der Waals surface area contributed by atoms with E-state index in [4.69, 9.17) is 4.74 Å². The first-order valence-corrected chi connectivity index (χ1v) is 6.22. The SMILES string of the molecule is OC1(Cc2cccc(OC3CCC3)c2)CC1. The summed E-state index contributed by atoms with van der Waals surface area (Å²) in [5, 5.41) is 9.87. The molecule has 2 aliphatic carbocycles. The molecule has 0 amide bonds. The molecule has 1 N–H and O–H groups in total. The number of benzene rings is 1. The molecule has 0 unspecified atom stereocenters. The minimum absolute atomic E-state index is 0.408. The van der Waals surface area contributed by atoms with E-state index in [9.17, 15) is 5.11 Å². The molecule has 2 fully saturated rings. The Balaban J connectivity index is 1.66. The highest BCUT2D eigenvalue weighted by molar-refractivity contribution is 5.30. The van der Waals surface area contributed by atoms with Crippen molar-refractivity contribution in [1.82, 2.24) is 0 Å². The molecule has 86 valence electrons. The second-order valence-corrected chi connectivity index (χ2v) is 5.22. The van der Waals surface area contributed by atoms with Gasteiger partial charge in [-0.05, 0) is 49.8 Å². The molecule has 0 atom stereocenters. The largest absolute Gasteiger partial charge is 0.490 e. The molecule has 0 aliphatic heterocycles. The topological polar surface area (TPSA) is 29.5 Å². The maximum absolute atomic E-state index is 9.87. The highest BCUT2D eigenvalue weighted by Gasteiger charge is 2.40. The monoisotopic (exact) mass is 218 g/mol. The first-order valence-electron chi connectivity index (χ1n) is 6.22. The van der Waals surface area contributed by atoms with Gasteiger partial charge in [-0.1, -0.05) is 12.1 Å². The van der Waals surface area contributed by atoms with Gasteiger partial charge in [-0.15, -0.1) is 0 Å². The molecule has 0 spiro atoms. The molecular weight excluding hydrogens is 200 g/mol. The van der Waals surface area contributed by atoms with Crippen LogP contribution in [-0.4, -0.2) is 16.8 Å². The van der Waals surface area contributed by atoms with E-state index in [2.05, 4.69) is 12.1 Å². The van der Waals surface area contributed by atoms with Crippen molar-refractivity contribution in [2.45, 2.75) is 50.2 Å². The molecule has 0 aromatic heterocycles. The van der Waals surface area contributed by atoms with Crippen molar-refractivity contribution < 1.29 is 9.84 Å². The van der Waals surface area contributed by atoms with Gasteiger partial charge in [-0.25, -0.2) is 0 Å². The summed E-state index contributed by atoms with van der Waals surface area (Å²) < 4.78 is 5.84. The van der Waals surface area contributed by atoms with Crippen molar-refractivity contribution in [2.75, 3.05) is 0 Å². The average Bonchev–Trinajstić information content (AvgIpc) is 2.90. The Morgan fingerprint density at radius 3 is 2.75 bits per heavy atom. The smallest absolute Gasteiger partial charge is 0.119 e. The van der Waals surface area contributed by atoms with Crippen LogP contribution in [0.15, 0.2) is 24.3 Å². The highest BCUT2D eigenvalue weighted by atomic mass is 16.5. The quantitative estimate of drug-likeness (QED) is 0.842. The van der Waals surface area contributed by atoms with E-state index < -0.39 is 5.60 Å². The van der Waals surface area contributed by atoms with Crippen LogP contribution in [0.1, 0.15) is 37.7 Å². The van der Waals surface area contributed by atoms with Crippen LogP contribution in [0.25, 0.3) is 0 Å². The van der Waals surface area contributed by atoms with Gasteiger partial charge < -0.3 is 9.84 Å². The lowest BCUT2D eigenvalue weighted by molar-refractivity contribution is 0.120. The van der Waals surface area contributed by atoms with E-state index in [1.165, 1.54) is 24.8 Å². The van der Waals surface area contributed by atoms with Crippen molar-refractivity contribution in [3.8, 4) is 5.75 Å². The second kappa shape index (κ2) is 3.77. The zero-order chi connectivity index (χ0) is 11.0. The van der Waals surface area contributed by atoms with Crippen LogP contribution in [0.3, 0.4) is 0 Å². The normalized spacial score (nSPS) is 22.6. The van der Waals surface area contributed by atoms with Gasteiger partial charge in [0, 0.05) is 6.42 Å². The predicted molar refractivity (Wildman–Crippen MR) is 62.6 cm³/mol. The van der Waals surface area contributed by atoms with Crippen LogP contribution < -0.4 is 4.74 Å². The number of aliphatic hydroxyl groups is 1. The molecule has 0 bridgehead atoms. The van der Waals surface area contributed by atoms with Gasteiger partial charge in [-0.3, -0.25) is 0 Å². The predicted octanol–water partition coefficient (Wildman–Crippen LogP) is 2.69. The molecule has 0 heterocycles. The zero-order valence-electron chi connectivity index (χ0n) is 9.48. The van der Waals surface area contributed by atoms with E-state index in [1.54, 1.807) is 0 Å². The fraction of sp³-hybridized carbons (Fsp3) is 0.571. The van der Waals surface area contributed by atoms with E-state index in [-0.39, 0.29) is 0 Å². The highest BCUT2D eigenvalue weighted by Crippen LogP contribution is 2.38. The van der Waals surface area contributed by atoms with Crippen LogP contribution >= 0.6 is 0 Å². The minimum atomic E-state index is -0.408. The Bertz CT molecular complexity index is 378. The maximum Gasteiger partial charge on any atom is 0.119 e.